The summed E-state index contributed by atoms with van der Waals surface area (Å²) in [6.07, 6.45) is 0. The van der Waals surface area contributed by atoms with Crippen LogP contribution < -0.4 is 0 Å². The van der Waals surface area contributed by atoms with Crippen molar-refractivity contribution < 1.29 is 0 Å². The average Bonchev–Trinajstić information content (AvgIpc) is 3.28. The summed E-state index contributed by atoms with van der Waals surface area (Å²) in [6, 6.07) is 41.9. The summed E-state index contributed by atoms with van der Waals surface area (Å²) >= 11 is 0. The lowest BCUT2D eigenvalue weighted by molar-refractivity contribution is 0.660. The van der Waals surface area contributed by atoms with Crippen LogP contribution in [0.1, 0.15) is 43.0 Å². The first-order valence-electron chi connectivity index (χ1n) is 14.7. The van der Waals surface area contributed by atoms with Crippen molar-refractivity contribution in [2.24, 2.45) is 4.99 Å². The SMILES string of the molecule is C/C(=N\c1ccccc1C)c1ccc2c(c1)C(C)(C)c1cc(-c3nc(-c4ccccc4)nc(-c4ccccc4)n3)ccc1-2. The number of hydrogen-bond acceptors (Lipinski definition) is 4. The van der Waals surface area contributed by atoms with E-state index in [2.05, 4.69) is 82.3 Å². The molecular formula is C39H32N4. The minimum atomic E-state index is -0.197. The van der Waals surface area contributed by atoms with Gasteiger partial charge in [-0.3, -0.25) is 4.99 Å². The Hall–Kier alpha value is -5.22. The molecule has 1 aliphatic carbocycles. The molecule has 0 aliphatic heterocycles. The third-order valence-corrected chi connectivity index (χ3v) is 8.45. The van der Waals surface area contributed by atoms with Gasteiger partial charge in [0, 0.05) is 27.8 Å². The quantitative estimate of drug-likeness (QED) is 0.199. The fourth-order valence-electron chi connectivity index (χ4n) is 5.97. The first-order valence-corrected chi connectivity index (χ1v) is 14.7. The highest BCUT2D eigenvalue weighted by atomic mass is 15.0. The molecule has 1 aliphatic rings. The van der Waals surface area contributed by atoms with Gasteiger partial charge in [-0.05, 0) is 65.4 Å². The Bertz CT molecular complexity index is 1950. The lowest BCUT2D eigenvalue weighted by Crippen LogP contribution is -2.16. The number of aliphatic imine (C=N–C) groups is 1. The monoisotopic (exact) mass is 556 g/mol. The van der Waals surface area contributed by atoms with Crippen molar-refractivity contribution in [1.82, 2.24) is 15.0 Å². The minimum absolute atomic E-state index is 0.197. The van der Waals surface area contributed by atoms with Crippen molar-refractivity contribution in [3.63, 3.8) is 0 Å². The third-order valence-electron chi connectivity index (χ3n) is 8.45. The molecule has 0 unspecified atom stereocenters. The Labute approximate surface area is 252 Å². The van der Waals surface area contributed by atoms with Crippen LogP contribution in [0.5, 0.6) is 0 Å². The average molecular weight is 557 g/mol. The Kier molecular flexibility index (Phi) is 6.55. The summed E-state index contributed by atoms with van der Waals surface area (Å²) in [6.45, 7) is 8.80. The molecule has 0 atom stereocenters. The molecule has 0 saturated heterocycles. The molecule has 6 aromatic rings. The number of benzene rings is 5. The van der Waals surface area contributed by atoms with Crippen molar-refractivity contribution >= 4 is 11.4 Å². The number of aryl methyl sites for hydroxylation is 1. The molecule has 0 fully saturated rings. The summed E-state index contributed by atoms with van der Waals surface area (Å²) in [5.74, 6) is 2.00. The smallest absolute Gasteiger partial charge is 0.164 e. The van der Waals surface area contributed by atoms with Gasteiger partial charge in [-0.2, -0.15) is 0 Å². The molecule has 0 saturated carbocycles. The summed E-state index contributed by atoms with van der Waals surface area (Å²) < 4.78 is 0. The van der Waals surface area contributed by atoms with Gasteiger partial charge < -0.3 is 0 Å². The van der Waals surface area contributed by atoms with Crippen LogP contribution in [0.25, 0.3) is 45.3 Å². The molecule has 0 bridgehead atoms. The molecule has 0 amide bonds. The number of rotatable bonds is 5. The molecule has 7 rings (SSSR count). The summed E-state index contributed by atoms with van der Waals surface area (Å²) in [4.78, 5) is 19.8. The summed E-state index contributed by atoms with van der Waals surface area (Å²) in [5, 5.41) is 0. The van der Waals surface area contributed by atoms with Crippen LogP contribution in [0.2, 0.25) is 0 Å². The summed E-state index contributed by atoms with van der Waals surface area (Å²) in [7, 11) is 0. The maximum atomic E-state index is 4.97. The van der Waals surface area contributed by atoms with Gasteiger partial charge in [-0.15, -0.1) is 0 Å². The van der Waals surface area contributed by atoms with Crippen molar-refractivity contribution in [1.29, 1.82) is 0 Å². The Morgan fingerprint density at radius 3 is 1.67 bits per heavy atom. The zero-order valence-corrected chi connectivity index (χ0v) is 24.8. The first-order chi connectivity index (χ1) is 20.9. The maximum Gasteiger partial charge on any atom is 0.164 e. The van der Waals surface area contributed by atoms with Gasteiger partial charge in [-0.1, -0.05) is 117 Å². The second-order valence-corrected chi connectivity index (χ2v) is 11.7. The fraction of sp³-hybridized carbons (Fsp3) is 0.128. The molecule has 5 aromatic carbocycles. The molecule has 1 heterocycles. The zero-order chi connectivity index (χ0) is 29.6. The Morgan fingerprint density at radius 2 is 1.07 bits per heavy atom. The highest BCUT2D eigenvalue weighted by Crippen LogP contribution is 2.50. The Balaban J connectivity index is 1.31. The van der Waals surface area contributed by atoms with Crippen LogP contribution in [0, 0.1) is 6.92 Å². The molecule has 0 radical (unpaired) electrons. The van der Waals surface area contributed by atoms with Crippen LogP contribution in [-0.4, -0.2) is 20.7 Å². The van der Waals surface area contributed by atoms with E-state index >= 15 is 0 Å². The van der Waals surface area contributed by atoms with Crippen LogP contribution >= 0.6 is 0 Å². The van der Waals surface area contributed by atoms with Gasteiger partial charge in [-0.25, -0.2) is 15.0 Å². The van der Waals surface area contributed by atoms with E-state index in [0.29, 0.717) is 17.5 Å². The highest BCUT2D eigenvalue weighted by Gasteiger charge is 2.36. The first kappa shape index (κ1) is 26.7. The topological polar surface area (TPSA) is 51.0 Å². The predicted octanol–water partition coefficient (Wildman–Crippen LogP) is 9.63. The lowest BCUT2D eigenvalue weighted by atomic mass is 9.81. The second kappa shape index (κ2) is 10.6. The van der Waals surface area contributed by atoms with E-state index in [9.17, 15) is 0 Å². The van der Waals surface area contributed by atoms with E-state index in [1.54, 1.807) is 0 Å². The molecule has 4 heteroatoms. The second-order valence-electron chi connectivity index (χ2n) is 11.7. The highest BCUT2D eigenvalue weighted by molar-refractivity contribution is 6.01. The molecule has 4 nitrogen and oxygen atoms in total. The molecule has 43 heavy (non-hydrogen) atoms. The van der Waals surface area contributed by atoms with Crippen LogP contribution in [0.15, 0.2) is 126 Å². The molecule has 1 aromatic heterocycles. The van der Waals surface area contributed by atoms with Gasteiger partial charge in [0.1, 0.15) is 0 Å². The minimum Gasteiger partial charge on any atom is -0.253 e. The largest absolute Gasteiger partial charge is 0.253 e. The molecular weight excluding hydrogens is 524 g/mol. The van der Waals surface area contributed by atoms with Crippen molar-refractivity contribution in [2.45, 2.75) is 33.1 Å². The van der Waals surface area contributed by atoms with Gasteiger partial charge in [0.25, 0.3) is 0 Å². The maximum absolute atomic E-state index is 4.97. The lowest BCUT2D eigenvalue weighted by Gasteiger charge is -2.22. The number of nitrogens with zero attached hydrogens (tertiary/aromatic N) is 4. The zero-order valence-electron chi connectivity index (χ0n) is 24.8. The van der Waals surface area contributed by atoms with E-state index < -0.39 is 0 Å². The normalized spacial score (nSPS) is 13.4. The van der Waals surface area contributed by atoms with Crippen molar-refractivity contribution in [3.05, 3.63) is 144 Å². The predicted molar refractivity (Wildman–Crippen MR) is 177 cm³/mol. The Morgan fingerprint density at radius 1 is 0.558 bits per heavy atom. The standard InChI is InChI=1S/C39H32N4/c1-25-13-11-12-18-35(25)40-26(2)29-19-21-31-32-22-20-30(24-34(32)39(3,4)33(31)23-29)38-42-36(27-14-7-5-8-15-27)41-37(43-38)28-16-9-6-10-17-28/h5-24H,1-4H3/b40-26+. The van der Waals surface area contributed by atoms with E-state index in [1.165, 1.54) is 27.8 Å². The van der Waals surface area contributed by atoms with E-state index in [0.717, 1.165) is 33.7 Å². The molecule has 208 valence electrons. The number of hydrogen-bond donors (Lipinski definition) is 0. The van der Waals surface area contributed by atoms with Crippen molar-refractivity contribution in [2.75, 3.05) is 0 Å². The number of fused-ring (bicyclic) bond motifs is 3. The third kappa shape index (κ3) is 4.85. The number of aromatic nitrogens is 3. The number of para-hydroxylation sites is 1. The molecule has 0 spiro atoms. The van der Waals surface area contributed by atoms with Gasteiger partial charge >= 0.3 is 0 Å². The van der Waals surface area contributed by atoms with E-state index in [-0.39, 0.29) is 5.41 Å². The molecule has 0 N–H and O–H groups in total. The van der Waals surface area contributed by atoms with Crippen molar-refractivity contribution in [3.8, 4) is 45.3 Å². The van der Waals surface area contributed by atoms with E-state index in [4.69, 9.17) is 19.9 Å². The van der Waals surface area contributed by atoms with E-state index in [1.807, 2.05) is 66.7 Å². The van der Waals surface area contributed by atoms with Gasteiger partial charge in [0.05, 0.1) is 5.69 Å². The van der Waals surface area contributed by atoms with Crippen LogP contribution in [0.3, 0.4) is 0 Å². The van der Waals surface area contributed by atoms with Gasteiger partial charge in [0.2, 0.25) is 0 Å². The summed E-state index contributed by atoms with van der Waals surface area (Å²) in [5.41, 5.74) is 12.1. The van der Waals surface area contributed by atoms with Gasteiger partial charge in [0.15, 0.2) is 17.5 Å². The van der Waals surface area contributed by atoms with Crippen LogP contribution in [-0.2, 0) is 5.41 Å². The fourth-order valence-corrected chi connectivity index (χ4v) is 5.97. The van der Waals surface area contributed by atoms with Crippen LogP contribution in [0.4, 0.5) is 5.69 Å².